The number of hydrogen-bond donors (Lipinski definition) is 2. The van der Waals surface area contributed by atoms with E-state index in [1.54, 1.807) is 31.2 Å². The van der Waals surface area contributed by atoms with Crippen LogP contribution in [0.15, 0.2) is 83.8 Å². The molecule has 2 unspecified atom stereocenters. The molecule has 262 valence electrons. The van der Waals surface area contributed by atoms with E-state index in [2.05, 4.69) is 9.97 Å². The highest BCUT2D eigenvalue weighted by Crippen LogP contribution is 2.44. The third-order valence-electron chi connectivity index (χ3n) is 8.54. The highest BCUT2D eigenvalue weighted by molar-refractivity contribution is 7.10. The van der Waals surface area contributed by atoms with Crippen LogP contribution >= 0.6 is 22.7 Å². The Kier molecular flexibility index (Phi) is 11.5. The van der Waals surface area contributed by atoms with E-state index < -0.39 is 21.7 Å². The number of carbonyl (C=O) groups is 2. The standard InChI is InChI=1S/C19H18N2O4S.C18H16N2O4S/c1-11(2)16(22)10-13(17-6-4-8-26-17)14-9-15(21(24)25)12-5-3-7-20-18(12)19(14)23;1-2-11(21)9-13(16-6-4-8-25-16)14-10-15(20(23)24)12-5-3-7-19-17(12)18(14)22/h3-9,11,13,23H,10H2,1-2H3;3-8,10,13,22H,2,9H2,1H3. The Bertz CT molecular complexity index is 2220. The van der Waals surface area contributed by atoms with Gasteiger partial charge in [0.25, 0.3) is 11.4 Å². The van der Waals surface area contributed by atoms with Crippen LogP contribution in [-0.2, 0) is 9.59 Å². The molecule has 0 saturated carbocycles. The number of nitro groups is 2. The topological polar surface area (TPSA) is 187 Å². The van der Waals surface area contributed by atoms with Crippen molar-refractivity contribution in [3.05, 3.63) is 125 Å². The summed E-state index contributed by atoms with van der Waals surface area (Å²) in [6.45, 7) is 5.41. The zero-order valence-electron chi connectivity index (χ0n) is 27.9. The average Bonchev–Trinajstić information content (AvgIpc) is 3.86. The van der Waals surface area contributed by atoms with Crippen LogP contribution in [0.25, 0.3) is 21.8 Å². The van der Waals surface area contributed by atoms with E-state index in [1.807, 2.05) is 48.9 Å². The Morgan fingerprint density at radius 1 is 0.745 bits per heavy atom. The molecular formula is C37H34N4O8S2. The van der Waals surface area contributed by atoms with Gasteiger partial charge in [0.05, 0.1) is 20.6 Å². The molecular weight excluding hydrogens is 693 g/mol. The smallest absolute Gasteiger partial charge is 0.279 e. The first-order chi connectivity index (χ1) is 24.4. The van der Waals surface area contributed by atoms with Gasteiger partial charge >= 0.3 is 0 Å². The molecule has 0 amide bonds. The number of aromatic nitrogens is 2. The number of phenols is 2. The molecule has 2 N–H and O–H groups in total. The monoisotopic (exact) mass is 726 g/mol. The number of hydrogen-bond acceptors (Lipinski definition) is 12. The number of nitrogens with zero attached hydrogens (tertiary/aromatic N) is 4. The summed E-state index contributed by atoms with van der Waals surface area (Å²) in [5, 5.41) is 48.9. The Morgan fingerprint density at radius 3 is 1.57 bits per heavy atom. The molecule has 0 saturated heterocycles. The predicted molar refractivity (Wildman–Crippen MR) is 197 cm³/mol. The predicted octanol–water partition coefficient (Wildman–Crippen LogP) is 9.07. The first-order valence-electron chi connectivity index (χ1n) is 16.0. The highest BCUT2D eigenvalue weighted by atomic mass is 32.1. The van der Waals surface area contributed by atoms with Crippen molar-refractivity contribution in [1.82, 2.24) is 9.97 Å². The first kappa shape index (κ1) is 36.7. The highest BCUT2D eigenvalue weighted by Gasteiger charge is 2.29. The minimum atomic E-state index is -0.486. The van der Waals surface area contributed by atoms with E-state index in [9.17, 15) is 40.0 Å². The van der Waals surface area contributed by atoms with Crippen molar-refractivity contribution in [2.45, 2.75) is 51.9 Å². The van der Waals surface area contributed by atoms with Crippen LogP contribution in [0.1, 0.15) is 72.8 Å². The Balaban J connectivity index is 0.000000198. The number of pyridine rings is 2. The summed E-state index contributed by atoms with van der Waals surface area (Å²) in [6.07, 6.45) is 3.68. The van der Waals surface area contributed by atoms with Crippen molar-refractivity contribution < 1.29 is 29.6 Å². The zero-order chi connectivity index (χ0) is 36.8. The van der Waals surface area contributed by atoms with Gasteiger partial charge in [0.2, 0.25) is 0 Å². The number of nitro benzene ring substituents is 2. The number of carbonyl (C=O) groups excluding carboxylic acids is 2. The second kappa shape index (κ2) is 16.0. The van der Waals surface area contributed by atoms with Gasteiger partial charge < -0.3 is 10.2 Å². The van der Waals surface area contributed by atoms with Crippen LogP contribution in [0.2, 0.25) is 0 Å². The van der Waals surface area contributed by atoms with E-state index in [1.165, 1.54) is 47.2 Å². The van der Waals surface area contributed by atoms with E-state index in [0.29, 0.717) is 17.5 Å². The molecule has 14 heteroatoms. The number of fused-ring (bicyclic) bond motifs is 2. The number of non-ortho nitro benzene ring substituents is 2. The molecule has 51 heavy (non-hydrogen) atoms. The molecule has 6 aromatic rings. The minimum absolute atomic E-state index is 0.0292. The normalized spacial score (nSPS) is 12.3. The van der Waals surface area contributed by atoms with E-state index in [4.69, 9.17) is 0 Å². The molecule has 2 aromatic carbocycles. The fraction of sp³-hybridized carbons (Fsp3) is 0.243. The largest absolute Gasteiger partial charge is 0.505 e. The van der Waals surface area contributed by atoms with E-state index in [-0.39, 0.29) is 75.0 Å². The van der Waals surface area contributed by atoms with Crippen molar-refractivity contribution in [3.63, 3.8) is 0 Å². The number of ketones is 2. The summed E-state index contributed by atoms with van der Waals surface area (Å²) >= 11 is 2.91. The van der Waals surface area contributed by atoms with E-state index >= 15 is 0 Å². The van der Waals surface area contributed by atoms with Gasteiger partial charge in [0, 0.05) is 82.4 Å². The van der Waals surface area contributed by atoms with Gasteiger partial charge in [-0.2, -0.15) is 0 Å². The molecule has 4 heterocycles. The summed E-state index contributed by atoms with van der Waals surface area (Å²) in [7, 11) is 0. The summed E-state index contributed by atoms with van der Waals surface area (Å²) in [4.78, 5) is 56.5. The lowest BCUT2D eigenvalue weighted by Crippen LogP contribution is -2.13. The van der Waals surface area contributed by atoms with Crippen molar-refractivity contribution >= 4 is 67.4 Å². The average molecular weight is 727 g/mol. The van der Waals surface area contributed by atoms with Crippen LogP contribution in [-0.4, -0.2) is 41.6 Å². The SMILES string of the molecule is CC(C)C(=O)CC(c1cccs1)c1cc([N+](=O)[O-])c2cccnc2c1O.CCC(=O)CC(c1cccs1)c1cc([N+](=O)[O-])c2cccnc2c1O. The number of rotatable bonds is 12. The van der Waals surface area contributed by atoms with Gasteiger partial charge in [-0.05, 0) is 47.2 Å². The van der Waals surface area contributed by atoms with Crippen LogP contribution in [0.3, 0.4) is 0 Å². The van der Waals surface area contributed by atoms with Crippen molar-refractivity contribution in [2.75, 3.05) is 0 Å². The molecule has 0 aliphatic rings. The minimum Gasteiger partial charge on any atom is -0.505 e. The maximum atomic E-state index is 12.4. The fourth-order valence-electron chi connectivity index (χ4n) is 5.81. The zero-order valence-corrected chi connectivity index (χ0v) is 29.5. The number of thiophene rings is 2. The molecule has 2 atom stereocenters. The van der Waals surface area contributed by atoms with Gasteiger partial charge in [-0.3, -0.25) is 39.8 Å². The van der Waals surface area contributed by atoms with Crippen molar-refractivity contribution in [2.24, 2.45) is 5.92 Å². The Labute approximate surface area is 300 Å². The molecule has 0 aliphatic heterocycles. The maximum absolute atomic E-state index is 12.4. The van der Waals surface area contributed by atoms with Crippen LogP contribution in [0, 0.1) is 26.1 Å². The number of aromatic hydroxyl groups is 2. The van der Waals surface area contributed by atoms with Gasteiger partial charge in [-0.1, -0.05) is 32.9 Å². The van der Waals surface area contributed by atoms with Crippen molar-refractivity contribution in [3.8, 4) is 11.5 Å². The molecule has 0 fully saturated rings. The summed E-state index contributed by atoms with van der Waals surface area (Å²) in [5.41, 5.74) is 0.829. The van der Waals surface area contributed by atoms with Crippen molar-refractivity contribution in [1.29, 1.82) is 0 Å². The van der Waals surface area contributed by atoms with Crippen LogP contribution in [0.5, 0.6) is 11.5 Å². The van der Waals surface area contributed by atoms with Crippen LogP contribution in [0.4, 0.5) is 11.4 Å². The molecule has 0 bridgehead atoms. The Hall–Kier alpha value is -5.60. The summed E-state index contributed by atoms with van der Waals surface area (Å²) in [6, 6.07) is 16.5. The number of phenolic OH excluding ortho intramolecular Hbond substituents is 2. The molecule has 0 aliphatic carbocycles. The second-order valence-corrected chi connectivity index (χ2v) is 14.0. The third-order valence-corrected chi connectivity index (χ3v) is 10.5. The summed E-state index contributed by atoms with van der Waals surface area (Å²) < 4.78 is 0. The Morgan fingerprint density at radius 2 is 1.20 bits per heavy atom. The number of benzene rings is 2. The van der Waals surface area contributed by atoms with Gasteiger partial charge in [-0.15, -0.1) is 22.7 Å². The molecule has 0 spiro atoms. The third kappa shape index (κ3) is 7.92. The molecule has 4 aromatic heterocycles. The molecule has 0 radical (unpaired) electrons. The summed E-state index contributed by atoms with van der Waals surface area (Å²) in [5.74, 6) is -1.20. The fourth-order valence-corrected chi connectivity index (χ4v) is 7.50. The van der Waals surface area contributed by atoms with E-state index in [0.717, 1.165) is 9.75 Å². The number of Topliss-reactive ketones (excluding diaryl/α,β-unsaturated/α-hetero) is 2. The van der Waals surface area contributed by atoms with Gasteiger partial charge in [-0.25, -0.2) is 0 Å². The lowest BCUT2D eigenvalue weighted by Gasteiger charge is -2.18. The van der Waals surface area contributed by atoms with Crippen LogP contribution < -0.4 is 0 Å². The maximum Gasteiger partial charge on any atom is 0.279 e. The molecule has 12 nitrogen and oxygen atoms in total. The lowest BCUT2D eigenvalue weighted by atomic mass is 9.87. The quantitative estimate of drug-likeness (QED) is 0.0910. The van der Waals surface area contributed by atoms with Gasteiger partial charge in [0.15, 0.2) is 0 Å². The van der Waals surface area contributed by atoms with Gasteiger partial charge in [0.1, 0.15) is 34.1 Å². The lowest BCUT2D eigenvalue weighted by molar-refractivity contribution is -0.383. The second-order valence-electron chi connectivity index (χ2n) is 12.0. The first-order valence-corrected chi connectivity index (χ1v) is 17.8. The molecule has 6 rings (SSSR count).